The second kappa shape index (κ2) is 11.9. The third kappa shape index (κ3) is 7.54. The van der Waals surface area contributed by atoms with Crippen LogP contribution < -0.4 is 4.72 Å². The summed E-state index contributed by atoms with van der Waals surface area (Å²) in [5.41, 5.74) is -0.889. The highest BCUT2D eigenvalue weighted by Gasteiger charge is 2.37. The Kier molecular flexibility index (Phi) is 9.15. The Morgan fingerprint density at radius 2 is 1.97 bits per heavy atom. The number of benzene rings is 1. The fourth-order valence-electron chi connectivity index (χ4n) is 3.95. The predicted molar refractivity (Wildman–Crippen MR) is 134 cm³/mol. The molecule has 13 heteroatoms. The van der Waals surface area contributed by atoms with E-state index in [0.29, 0.717) is 5.52 Å². The summed E-state index contributed by atoms with van der Waals surface area (Å²) in [6.45, 7) is 3.24. The van der Waals surface area contributed by atoms with Gasteiger partial charge in [-0.2, -0.15) is 0 Å². The number of para-hydroxylation sites is 1. The van der Waals surface area contributed by atoms with Crippen molar-refractivity contribution < 1.29 is 36.2 Å². The van der Waals surface area contributed by atoms with Crippen molar-refractivity contribution in [3.05, 3.63) is 66.9 Å². The maximum Gasteiger partial charge on any atom is 0.263 e. The number of hydrogen-bond donors (Lipinski definition) is 2. The molecule has 1 aromatic carbocycles. The zero-order chi connectivity index (χ0) is 28.0. The summed E-state index contributed by atoms with van der Waals surface area (Å²) in [6, 6.07) is 4.51. The van der Waals surface area contributed by atoms with Crippen molar-refractivity contribution in [2.24, 2.45) is 0 Å². The number of nitrogens with one attached hydrogen (secondary N) is 1. The van der Waals surface area contributed by atoms with Gasteiger partial charge >= 0.3 is 0 Å². The molecular weight excluding hydrogens is 525 g/mol. The average molecular weight is 555 g/mol. The number of rotatable bonds is 11. The lowest BCUT2D eigenvalue weighted by Gasteiger charge is -2.39. The van der Waals surface area contributed by atoms with E-state index in [1.165, 1.54) is 41.6 Å². The summed E-state index contributed by atoms with van der Waals surface area (Å²) in [7, 11) is -4.04. The van der Waals surface area contributed by atoms with Crippen molar-refractivity contribution in [2.45, 2.75) is 49.0 Å². The molecule has 2 N–H and O–H groups in total. The fourth-order valence-corrected chi connectivity index (χ4v) is 5.00. The predicted octanol–water partition coefficient (Wildman–Crippen LogP) is 3.59. The van der Waals surface area contributed by atoms with Gasteiger partial charge in [-0.3, -0.25) is 19.5 Å². The van der Waals surface area contributed by atoms with Gasteiger partial charge in [0.25, 0.3) is 15.9 Å². The molecule has 1 aliphatic rings. The largest absolute Gasteiger partial charge is 0.463 e. The van der Waals surface area contributed by atoms with Crippen LogP contribution in [0.4, 0.5) is 13.2 Å². The van der Waals surface area contributed by atoms with Crippen LogP contribution in [0.5, 0.6) is 0 Å². The summed E-state index contributed by atoms with van der Waals surface area (Å²) in [5, 5.41) is 10.6. The van der Waals surface area contributed by atoms with E-state index in [1.807, 2.05) is 0 Å². The molecule has 0 atom stereocenters. The number of carbonyl (C=O) groups is 1. The molecule has 38 heavy (non-hydrogen) atoms. The molecule has 0 spiro atoms. The van der Waals surface area contributed by atoms with Crippen LogP contribution >= 0.6 is 0 Å². The van der Waals surface area contributed by atoms with Gasteiger partial charge in [0.1, 0.15) is 16.2 Å². The third-order valence-corrected chi connectivity index (χ3v) is 7.46. The first kappa shape index (κ1) is 29.1. The molecular formula is C25H29F3N4O5S. The van der Waals surface area contributed by atoms with Gasteiger partial charge in [0.15, 0.2) is 0 Å². The van der Waals surface area contributed by atoms with E-state index in [2.05, 4.69) is 21.3 Å². The number of piperidine rings is 1. The Hall–Kier alpha value is -3.45. The zero-order valence-corrected chi connectivity index (χ0v) is 21.6. The number of likely N-dealkylation sites (tertiary alicyclic amines) is 1. The van der Waals surface area contributed by atoms with Crippen molar-refractivity contribution in [1.82, 2.24) is 19.6 Å². The first-order valence-corrected chi connectivity index (χ1v) is 13.2. The monoisotopic (exact) mass is 554 g/mol. The van der Waals surface area contributed by atoms with Crippen LogP contribution in [0.15, 0.2) is 71.8 Å². The summed E-state index contributed by atoms with van der Waals surface area (Å²) in [6.07, 6.45) is 5.90. The van der Waals surface area contributed by atoms with Crippen molar-refractivity contribution in [2.75, 3.05) is 20.0 Å². The summed E-state index contributed by atoms with van der Waals surface area (Å²) < 4.78 is 71.8. The number of sulfonamides is 1. The number of amides is 1. The smallest absolute Gasteiger partial charge is 0.263 e. The standard InChI is InChI=1S/C25H29F3N4O5S/c1-18(37-17-26)19(23(33)32-15-10-25(34,11-16-32)9-8-24(2,27)28)5-4-12-31-38(35,36)21-7-3-6-20-22(21)30-14-13-29-20/h3-7,12-14,31,34H,1,8-11,15-17H2,2H3/b12-4+,19-5+. The van der Waals surface area contributed by atoms with Crippen molar-refractivity contribution >= 4 is 27.0 Å². The number of alkyl halides is 3. The highest BCUT2D eigenvalue weighted by atomic mass is 32.2. The van der Waals surface area contributed by atoms with Crippen LogP contribution in [0.2, 0.25) is 0 Å². The lowest BCUT2D eigenvalue weighted by molar-refractivity contribution is -0.132. The molecule has 2 aromatic rings. The van der Waals surface area contributed by atoms with Crippen LogP contribution in [0.1, 0.15) is 32.6 Å². The summed E-state index contributed by atoms with van der Waals surface area (Å²) >= 11 is 0. The molecule has 1 aliphatic heterocycles. The molecule has 0 bridgehead atoms. The number of fused-ring (bicyclic) bond motifs is 1. The second-order valence-electron chi connectivity index (χ2n) is 9.00. The quantitative estimate of drug-likeness (QED) is 0.247. The lowest BCUT2D eigenvalue weighted by atomic mass is 9.86. The minimum atomic E-state index is -4.04. The average Bonchev–Trinajstić information content (AvgIpc) is 2.87. The van der Waals surface area contributed by atoms with Crippen molar-refractivity contribution in [1.29, 1.82) is 0 Å². The molecule has 9 nitrogen and oxygen atoms in total. The van der Waals surface area contributed by atoms with Crippen molar-refractivity contribution in [3.8, 4) is 0 Å². The van der Waals surface area contributed by atoms with E-state index in [-0.39, 0.29) is 54.1 Å². The Bertz CT molecular complexity index is 1330. The van der Waals surface area contributed by atoms with Crippen LogP contribution in [0.25, 0.3) is 11.0 Å². The Morgan fingerprint density at radius 3 is 2.63 bits per heavy atom. The number of aliphatic hydroxyl groups is 1. The maximum atomic E-state index is 13.2. The van der Waals surface area contributed by atoms with E-state index in [1.54, 1.807) is 6.07 Å². The molecule has 1 saturated heterocycles. The van der Waals surface area contributed by atoms with Gasteiger partial charge in [-0.15, -0.1) is 0 Å². The van der Waals surface area contributed by atoms with E-state index >= 15 is 0 Å². The molecule has 1 amide bonds. The van der Waals surface area contributed by atoms with Gasteiger partial charge in [0.2, 0.25) is 12.8 Å². The Balaban J connectivity index is 1.72. The molecule has 1 aromatic heterocycles. The van der Waals surface area contributed by atoms with Crippen molar-refractivity contribution in [3.63, 3.8) is 0 Å². The van der Waals surface area contributed by atoms with E-state index in [0.717, 1.165) is 13.1 Å². The lowest BCUT2D eigenvalue weighted by Crippen LogP contribution is -2.47. The topological polar surface area (TPSA) is 122 Å². The molecule has 0 unspecified atom stereocenters. The molecule has 0 aliphatic carbocycles. The number of aromatic nitrogens is 2. The van der Waals surface area contributed by atoms with Crippen LogP contribution in [0, 0.1) is 0 Å². The maximum absolute atomic E-state index is 13.2. The van der Waals surface area contributed by atoms with Crippen LogP contribution in [-0.4, -0.2) is 65.8 Å². The molecule has 206 valence electrons. The van der Waals surface area contributed by atoms with Gasteiger partial charge in [-0.05, 0) is 50.5 Å². The third-order valence-electron chi connectivity index (χ3n) is 6.10. The highest BCUT2D eigenvalue weighted by Crippen LogP contribution is 2.32. The normalized spacial score (nSPS) is 16.6. The Morgan fingerprint density at radius 1 is 1.29 bits per heavy atom. The molecule has 1 fully saturated rings. The zero-order valence-electron chi connectivity index (χ0n) is 20.7. The number of carbonyl (C=O) groups excluding carboxylic acids is 1. The SMILES string of the molecule is C=C(OCF)/C(=C\C=C\NS(=O)(=O)c1cccc2nccnc12)C(=O)N1CCC(O)(CCC(C)(F)F)CC1. The highest BCUT2D eigenvalue weighted by molar-refractivity contribution is 7.89. The minimum absolute atomic E-state index is 0.0727. The number of halogens is 3. The van der Waals surface area contributed by atoms with Gasteiger partial charge in [0.05, 0.1) is 16.7 Å². The minimum Gasteiger partial charge on any atom is -0.463 e. The van der Waals surface area contributed by atoms with Gasteiger partial charge in [-0.25, -0.2) is 21.6 Å². The van der Waals surface area contributed by atoms with Crippen LogP contribution in [0.3, 0.4) is 0 Å². The van der Waals surface area contributed by atoms with Gasteiger partial charge in [0, 0.05) is 38.1 Å². The molecule has 0 saturated carbocycles. The van der Waals surface area contributed by atoms with E-state index in [4.69, 9.17) is 4.74 Å². The number of hydrogen-bond acceptors (Lipinski definition) is 7. The first-order valence-electron chi connectivity index (χ1n) is 11.7. The molecule has 2 heterocycles. The number of ether oxygens (including phenoxy) is 1. The molecule has 3 rings (SSSR count). The summed E-state index contributed by atoms with van der Waals surface area (Å²) in [4.78, 5) is 22.5. The number of nitrogens with zero attached hydrogens (tertiary/aromatic N) is 3. The van der Waals surface area contributed by atoms with Crippen LogP contribution in [-0.2, 0) is 19.6 Å². The molecule has 0 radical (unpaired) electrons. The van der Waals surface area contributed by atoms with E-state index in [9.17, 15) is 31.5 Å². The van der Waals surface area contributed by atoms with E-state index < -0.39 is 40.7 Å². The number of allylic oxidation sites excluding steroid dienone is 2. The van der Waals surface area contributed by atoms with Gasteiger partial charge < -0.3 is 14.7 Å². The first-order chi connectivity index (χ1) is 17.9. The summed E-state index contributed by atoms with van der Waals surface area (Å²) in [5.74, 6) is -3.78. The Labute approximate surface area is 218 Å². The van der Waals surface area contributed by atoms with Gasteiger partial charge in [-0.1, -0.05) is 12.6 Å². The second-order valence-corrected chi connectivity index (χ2v) is 10.7. The fraction of sp³-hybridized carbons (Fsp3) is 0.400.